The Hall–Kier alpha value is -1.86. The third-order valence-electron chi connectivity index (χ3n) is 2.63. The summed E-state index contributed by atoms with van der Waals surface area (Å²) in [5.74, 6) is 0. The number of fused-ring (bicyclic) bond motifs is 1. The average molecular weight is 241 g/mol. The van der Waals surface area contributed by atoms with Crippen molar-refractivity contribution >= 4 is 22.5 Å². The van der Waals surface area contributed by atoms with Crippen LogP contribution < -0.4 is 0 Å². The van der Waals surface area contributed by atoms with Crippen molar-refractivity contribution in [3.63, 3.8) is 0 Å². The van der Waals surface area contributed by atoms with Crippen LogP contribution in [-0.2, 0) is 0 Å². The van der Waals surface area contributed by atoms with Crippen molar-refractivity contribution in [2.24, 2.45) is 0 Å². The van der Waals surface area contributed by atoms with E-state index in [1.165, 1.54) is 0 Å². The highest BCUT2D eigenvalue weighted by molar-refractivity contribution is 6.31. The van der Waals surface area contributed by atoms with E-state index in [9.17, 15) is 0 Å². The van der Waals surface area contributed by atoms with Gasteiger partial charge in [-0.1, -0.05) is 54.0 Å². The summed E-state index contributed by atoms with van der Waals surface area (Å²) in [6, 6.07) is 17.5. The molecule has 0 spiro atoms. The molecular formula is C15H10ClN. The summed E-state index contributed by atoms with van der Waals surface area (Å²) in [5, 5.41) is 1.46. The molecule has 0 fully saturated rings. The van der Waals surface area contributed by atoms with Crippen molar-refractivity contribution < 1.29 is 1.37 Å². The Balaban J connectivity index is 2.27. The third kappa shape index (κ3) is 2.02. The van der Waals surface area contributed by atoms with E-state index in [4.69, 9.17) is 13.0 Å². The molecule has 1 nitrogen and oxygen atoms in total. The van der Waals surface area contributed by atoms with Crippen molar-refractivity contribution in [3.8, 4) is 11.3 Å². The maximum Gasteiger partial charge on any atom is 0.0724 e. The minimum absolute atomic E-state index is 0.468. The zero-order valence-corrected chi connectivity index (χ0v) is 9.78. The van der Waals surface area contributed by atoms with Crippen LogP contribution >= 0.6 is 11.6 Å². The van der Waals surface area contributed by atoms with E-state index in [0.717, 1.165) is 22.2 Å². The SMILES string of the molecule is [2H]c1cc(-c2ccccc2)nc2cc(Cl)ccc12. The third-order valence-corrected chi connectivity index (χ3v) is 2.87. The fourth-order valence-corrected chi connectivity index (χ4v) is 1.95. The number of aromatic nitrogens is 1. The standard InChI is InChI=1S/C15H10ClN/c16-13-8-6-12-7-9-14(17-15(12)10-13)11-4-2-1-3-5-11/h1-10H/i7D. The average Bonchev–Trinajstić information content (AvgIpc) is 2.39. The Morgan fingerprint density at radius 2 is 1.82 bits per heavy atom. The number of benzene rings is 2. The second-order valence-corrected chi connectivity index (χ2v) is 4.25. The lowest BCUT2D eigenvalue weighted by atomic mass is 10.1. The number of hydrogen-bond donors (Lipinski definition) is 0. The molecule has 82 valence electrons. The van der Waals surface area contributed by atoms with Crippen LogP contribution in [-0.4, -0.2) is 4.98 Å². The van der Waals surface area contributed by atoms with Crippen LogP contribution in [0.4, 0.5) is 0 Å². The van der Waals surface area contributed by atoms with Crippen LogP contribution in [0.25, 0.3) is 22.2 Å². The molecule has 0 amide bonds. The number of hydrogen-bond acceptors (Lipinski definition) is 1. The van der Waals surface area contributed by atoms with E-state index in [-0.39, 0.29) is 0 Å². The van der Waals surface area contributed by atoms with E-state index in [2.05, 4.69) is 4.98 Å². The molecule has 0 saturated heterocycles. The Labute approximate surface area is 106 Å². The molecule has 0 atom stereocenters. The van der Waals surface area contributed by atoms with Crippen LogP contribution in [0.2, 0.25) is 5.02 Å². The summed E-state index contributed by atoms with van der Waals surface area (Å²) in [5.41, 5.74) is 2.57. The smallest absolute Gasteiger partial charge is 0.0724 e. The van der Waals surface area contributed by atoms with Crippen LogP contribution in [0.15, 0.2) is 60.6 Å². The first kappa shape index (κ1) is 9.20. The minimum atomic E-state index is 0.468. The van der Waals surface area contributed by atoms with Gasteiger partial charge < -0.3 is 0 Å². The fourth-order valence-electron chi connectivity index (χ4n) is 1.78. The highest BCUT2D eigenvalue weighted by Crippen LogP contribution is 2.22. The van der Waals surface area contributed by atoms with Crippen molar-refractivity contribution in [2.75, 3.05) is 0 Å². The van der Waals surface area contributed by atoms with Crippen LogP contribution in [0.5, 0.6) is 0 Å². The topological polar surface area (TPSA) is 12.9 Å². The van der Waals surface area contributed by atoms with Crippen LogP contribution in [0.1, 0.15) is 1.37 Å². The summed E-state index contributed by atoms with van der Waals surface area (Å²) in [7, 11) is 0. The van der Waals surface area contributed by atoms with Crippen molar-refractivity contribution in [1.82, 2.24) is 4.98 Å². The number of rotatable bonds is 1. The van der Waals surface area contributed by atoms with Gasteiger partial charge in [0, 0.05) is 16.0 Å². The fraction of sp³-hybridized carbons (Fsp3) is 0. The molecule has 0 bridgehead atoms. The summed E-state index contributed by atoms with van der Waals surface area (Å²) < 4.78 is 8.04. The predicted octanol–water partition coefficient (Wildman–Crippen LogP) is 4.56. The Bertz CT molecular complexity index is 710. The molecule has 3 aromatic rings. The molecule has 0 aliphatic carbocycles. The summed E-state index contributed by atoms with van der Waals surface area (Å²) in [6.45, 7) is 0. The first-order valence-corrected chi connectivity index (χ1v) is 5.74. The van der Waals surface area contributed by atoms with E-state index < -0.39 is 0 Å². The van der Waals surface area contributed by atoms with E-state index >= 15 is 0 Å². The highest BCUT2D eigenvalue weighted by Gasteiger charge is 2.01. The zero-order valence-electron chi connectivity index (χ0n) is 10.0. The molecule has 1 heterocycles. The van der Waals surface area contributed by atoms with Crippen molar-refractivity contribution in [2.45, 2.75) is 0 Å². The molecule has 0 N–H and O–H groups in total. The molecular weight excluding hydrogens is 230 g/mol. The largest absolute Gasteiger partial charge is 0.248 e. The normalized spacial score (nSPS) is 11.5. The maximum atomic E-state index is 8.04. The van der Waals surface area contributed by atoms with Gasteiger partial charge in [-0.3, -0.25) is 0 Å². The number of pyridine rings is 1. The second kappa shape index (κ2) is 4.19. The lowest BCUT2D eigenvalue weighted by molar-refractivity contribution is 1.40. The summed E-state index contributed by atoms with van der Waals surface area (Å²) in [4.78, 5) is 4.56. The Kier molecular flexibility index (Phi) is 2.27. The highest BCUT2D eigenvalue weighted by atomic mass is 35.5. The zero-order chi connectivity index (χ0) is 12.5. The number of halogens is 1. The first-order chi connectivity index (χ1) is 8.74. The first-order valence-electron chi connectivity index (χ1n) is 5.86. The molecule has 3 rings (SSSR count). The Morgan fingerprint density at radius 3 is 2.65 bits per heavy atom. The van der Waals surface area contributed by atoms with Gasteiger partial charge in [-0.2, -0.15) is 0 Å². The molecule has 1 aromatic heterocycles. The molecule has 0 unspecified atom stereocenters. The number of nitrogens with zero attached hydrogens (tertiary/aromatic N) is 1. The molecule has 0 radical (unpaired) electrons. The van der Waals surface area contributed by atoms with Gasteiger partial charge in [0.1, 0.15) is 0 Å². The lowest BCUT2D eigenvalue weighted by Crippen LogP contribution is -1.84. The molecule has 0 aliphatic rings. The van der Waals surface area contributed by atoms with Crippen LogP contribution in [0, 0.1) is 0 Å². The van der Waals surface area contributed by atoms with Gasteiger partial charge in [-0.05, 0) is 18.2 Å². The molecule has 0 aliphatic heterocycles. The van der Waals surface area contributed by atoms with Gasteiger partial charge in [-0.15, -0.1) is 0 Å². The van der Waals surface area contributed by atoms with Gasteiger partial charge in [0.15, 0.2) is 0 Å². The molecule has 0 saturated carbocycles. The van der Waals surface area contributed by atoms with Gasteiger partial charge in [0.25, 0.3) is 0 Å². The molecule has 2 aromatic carbocycles. The maximum absolute atomic E-state index is 8.04. The van der Waals surface area contributed by atoms with Gasteiger partial charge in [0.05, 0.1) is 12.6 Å². The second-order valence-electron chi connectivity index (χ2n) is 3.81. The monoisotopic (exact) mass is 240 g/mol. The van der Waals surface area contributed by atoms with Gasteiger partial charge in [0.2, 0.25) is 0 Å². The lowest BCUT2D eigenvalue weighted by Gasteiger charge is -2.03. The van der Waals surface area contributed by atoms with E-state index in [1.807, 2.05) is 36.4 Å². The van der Waals surface area contributed by atoms with Gasteiger partial charge in [-0.25, -0.2) is 4.98 Å². The Morgan fingerprint density at radius 1 is 1.00 bits per heavy atom. The van der Waals surface area contributed by atoms with Crippen molar-refractivity contribution in [3.05, 3.63) is 65.7 Å². The van der Waals surface area contributed by atoms with Gasteiger partial charge >= 0.3 is 0 Å². The predicted molar refractivity (Wildman–Crippen MR) is 72.2 cm³/mol. The summed E-state index contributed by atoms with van der Waals surface area (Å²) >= 11 is 5.97. The molecule has 17 heavy (non-hydrogen) atoms. The van der Waals surface area contributed by atoms with E-state index in [0.29, 0.717) is 11.1 Å². The van der Waals surface area contributed by atoms with E-state index in [1.54, 1.807) is 18.2 Å². The minimum Gasteiger partial charge on any atom is -0.248 e. The summed E-state index contributed by atoms with van der Waals surface area (Å²) in [6.07, 6.45) is 0. The van der Waals surface area contributed by atoms with Crippen LogP contribution in [0.3, 0.4) is 0 Å². The van der Waals surface area contributed by atoms with Crippen molar-refractivity contribution in [1.29, 1.82) is 0 Å². The quantitative estimate of drug-likeness (QED) is 0.608. The molecule has 2 heteroatoms.